The van der Waals surface area contributed by atoms with Crippen LogP contribution in [0.2, 0.25) is 0 Å². The number of rotatable bonds is 4. The maximum atomic E-state index is 12.5. The van der Waals surface area contributed by atoms with E-state index >= 15 is 0 Å². The number of ether oxygens (including phenoxy) is 1. The lowest BCUT2D eigenvalue weighted by molar-refractivity contribution is 0.0524. The molecule has 0 radical (unpaired) electrons. The fourth-order valence-corrected chi connectivity index (χ4v) is 2.83. The van der Waals surface area contributed by atoms with Gasteiger partial charge < -0.3 is 14.2 Å². The molecule has 122 valence electrons. The van der Waals surface area contributed by atoms with Crippen molar-refractivity contribution in [1.29, 1.82) is 0 Å². The molecule has 7 heteroatoms. The Kier molecular flexibility index (Phi) is 4.27. The summed E-state index contributed by atoms with van der Waals surface area (Å²) in [6, 6.07) is 0. The van der Waals surface area contributed by atoms with Gasteiger partial charge in [0.1, 0.15) is 11.2 Å². The maximum absolute atomic E-state index is 12.5. The minimum atomic E-state index is -0.606. The second kappa shape index (κ2) is 6.36. The van der Waals surface area contributed by atoms with E-state index in [9.17, 15) is 9.59 Å². The van der Waals surface area contributed by atoms with E-state index < -0.39 is 5.97 Å². The third-order valence-electron chi connectivity index (χ3n) is 4.03. The van der Waals surface area contributed by atoms with Crippen LogP contribution in [0.3, 0.4) is 0 Å². The van der Waals surface area contributed by atoms with Crippen LogP contribution in [0.5, 0.6) is 0 Å². The Balaban J connectivity index is 2.15. The highest BCUT2D eigenvalue weighted by Crippen LogP contribution is 2.18. The lowest BCUT2D eigenvalue weighted by Gasteiger charge is -2.16. The van der Waals surface area contributed by atoms with Gasteiger partial charge in [0, 0.05) is 32.0 Å². The molecule has 3 rings (SSSR count). The van der Waals surface area contributed by atoms with E-state index in [2.05, 4.69) is 14.9 Å². The third kappa shape index (κ3) is 2.78. The highest BCUT2D eigenvalue weighted by Gasteiger charge is 2.20. The highest BCUT2D eigenvalue weighted by molar-refractivity contribution is 5.93. The normalized spacial score (nSPS) is 14.4. The second-order valence-electron chi connectivity index (χ2n) is 5.48. The first-order chi connectivity index (χ1) is 11.2. The van der Waals surface area contributed by atoms with E-state index in [1.54, 1.807) is 11.5 Å². The number of esters is 1. The Morgan fingerprint density at radius 1 is 1.30 bits per heavy atom. The average molecular weight is 316 g/mol. The van der Waals surface area contributed by atoms with Gasteiger partial charge in [-0.25, -0.2) is 9.78 Å². The summed E-state index contributed by atoms with van der Waals surface area (Å²) in [4.78, 5) is 35.5. The molecule has 0 amide bonds. The van der Waals surface area contributed by atoms with Gasteiger partial charge >= 0.3 is 5.97 Å². The number of nitrogens with zero attached hydrogens (tertiary/aromatic N) is 4. The summed E-state index contributed by atoms with van der Waals surface area (Å²) in [6.45, 7) is 6.34. The van der Waals surface area contributed by atoms with Gasteiger partial charge in [0.15, 0.2) is 0 Å². The van der Waals surface area contributed by atoms with Gasteiger partial charge in [-0.2, -0.15) is 4.98 Å². The molecule has 0 N–H and O–H groups in total. The predicted octanol–water partition coefficient (Wildman–Crippen LogP) is 1.59. The summed E-state index contributed by atoms with van der Waals surface area (Å²) >= 11 is 0. The van der Waals surface area contributed by atoms with Crippen molar-refractivity contribution < 1.29 is 9.53 Å². The molecular formula is C16H20N4O3. The van der Waals surface area contributed by atoms with Gasteiger partial charge in [0.25, 0.3) is 0 Å². The molecule has 3 heterocycles. The number of aryl methyl sites for hydroxylation is 1. The number of aromatic nitrogens is 3. The van der Waals surface area contributed by atoms with Crippen molar-refractivity contribution in [3.63, 3.8) is 0 Å². The molecule has 1 fully saturated rings. The van der Waals surface area contributed by atoms with Crippen LogP contribution < -0.4 is 10.3 Å². The van der Waals surface area contributed by atoms with E-state index in [1.165, 1.54) is 12.4 Å². The van der Waals surface area contributed by atoms with Crippen molar-refractivity contribution >= 4 is 23.0 Å². The van der Waals surface area contributed by atoms with Crippen LogP contribution in [-0.2, 0) is 11.3 Å². The number of fused-ring (bicyclic) bond motifs is 1. The standard InChI is InChI=1S/C16H20N4O3/c1-3-19-10-12(15(22)23-4-2)13(21)11-9-17-16(18-14(11)19)20-7-5-6-8-20/h9-10H,3-8H2,1-2H3. The topological polar surface area (TPSA) is 77.3 Å². The molecule has 1 aliphatic heterocycles. The predicted molar refractivity (Wildman–Crippen MR) is 86.9 cm³/mol. The third-order valence-corrected chi connectivity index (χ3v) is 4.03. The lowest BCUT2D eigenvalue weighted by Crippen LogP contribution is -2.24. The Morgan fingerprint density at radius 2 is 2.04 bits per heavy atom. The molecule has 2 aromatic rings. The molecule has 0 aliphatic carbocycles. The SMILES string of the molecule is CCOC(=O)c1cn(CC)c2nc(N3CCCC3)ncc2c1=O. The van der Waals surface area contributed by atoms with Gasteiger partial charge in [0.05, 0.1) is 12.0 Å². The number of hydrogen-bond donors (Lipinski definition) is 0. The number of hydrogen-bond acceptors (Lipinski definition) is 6. The Hall–Kier alpha value is -2.44. The molecule has 1 saturated heterocycles. The summed E-state index contributed by atoms with van der Waals surface area (Å²) in [5.74, 6) is 0.0331. The zero-order valence-corrected chi connectivity index (χ0v) is 13.4. The minimum Gasteiger partial charge on any atom is -0.462 e. The van der Waals surface area contributed by atoms with Crippen LogP contribution in [0.15, 0.2) is 17.2 Å². The number of anilines is 1. The van der Waals surface area contributed by atoms with Crippen molar-refractivity contribution in [3.8, 4) is 0 Å². The fraction of sp³-hybridized carbons (Fsp3) is 0.500. The number of carbonyl (C=O) groups is 1. The quantitative estimate of drug-likeness (QED) is 0.797. The van der Waals surface area contributed by atoms with E-state index in [-0.39, 0.29) is 17.6 Å². The van der Waals surface area contributed by atoms with Crippen molar-refractivity contribution in [3.05, 3.63) is 28.2 Å². The van der Waals surface area contributed by atoms with Crippen LogP contribution in [0.1, 0.15) is 37.0 Å². The van der Waals surface area contributed by atoms with Crippen molar-refractivity contribution in [2.75, 3.05) is 24.6 Å². The molecule has 1 aliphatic rings. The second-order valence-corrected chi connectivity index (χ2v) is 5.48. The van der Waals surface area contributed by atoms with Crippen LogP contribution in [0.4, 0.5) is 5.95 Å². The van der Waals surface area contributed by atoms with Gasteiger partial charge in [-0.3, -0.25) is 4.79 Å². The summed E-state index contributed by atoms with van der Waals surface area (Å²) in [5, 5.41) is 0.348. The van der Waals surface area contributed by atoms with Crippen LogP contribution in [0.25, 0.3) is 11.0 Å². The van der Waals surface area contributed by atoms with E-state index in [0.29, 0.717) is 23.5 Å². The minimum absolute atomic E-state index is 0.0266. The summed E-state index contributed by atoms with van der Waals surface area (Å²) < 4.78 is 6.76. The molecule has 0 unspecified atom stereocenters. The Bertz CT molecular complexity index is 794. The van der Waals surface area contributed by atoms with E-state index in [1.807, 2.05) is 6.92 Å². The summed E-state index contributed by atoms with van der Waals surface area (Å²) in [6.07, 6.45) is 5.31. The zero-order chi connectivity index (χ0) is 16.4. The number of pyridine rings is 1. The molecule has 0 atom stereocenters. The first kappa shape index (κ1) is 15.5. The average Bonchev–Trinajstić information content (AvgIpc) is 3.09. The van der Waals surface area contributed by atoms with Gasteiger partial charge in [-0.15, -0.1) is 0 Å². The first-order valence-electron chi connectivity index (χ1n) is 7.98. The summed E-state index contributed by atoms with van der Waals surface area (Å²) in [7, 11) is 0. The smallest absolute Gasteiger partial charge is 0.343 e. The highest BCUT2D eigenvalue weighted by atomic mass is 16.5. The lowest BCUT2D eigenvalue weighted by atomic mass is 10.2. The van der Waals surface area contributed by atoms with Gasteiger partial charge in [-0.05, 0) is 26.7 Å². The van der Waals surface area contributed by atoms with Crippen LogP contribution >= 0.6 is 0 Å². The molecular weight excluding hydrogens is 296 g/mol. The Morgan fingerprint density at radius 3 is 2.70 bits per heavy atom. The fourth-order valence-electron chi connectivity index (χ4n) is 2.83. The molecule has 0 spiro atoms. The van der Waals surface area contributed by atoms with Crippen LogP contribution in [-0.4, -0.2) is 40.2 Å². The van der Waals surface area contributed by atoms with Crippen molar-refractivity contribution in [2.45, 2.75) is 33.2 Å². The molecule has 0 aromatic carbocycles. The molecule has 0 bridgehead atoms. The van der Waals surface area contributed by atoms with E-state index in [0.717, 1.165) is 25.9 Å². The first-order valence-corrected chi connectivity index (χ1v) is 7.98. The molecule has 0 saturated carbocycles. The number of carbonyl (C=O) groups excluding carboxylic acids is 1. The zero-order valence-electron chi connectivity index (χ0n) is 13.4. The van der Waals surface area contributed by atoms with Gasteiger partial charge in [0.2, 0.25) is 11.4 Å². The molecule has 2 aromatic heterocycles. The van der Waals surface area contributed by atoms with E-state index in [4.69, 9.17) is 4.74 Å². The monoisotopic (exact) mass is 316 g/mol. The maximum Gasteiger partial charge on any atom is 0.343 e. The van der Waals surface area contributed by atoms with Gasteiger partial charge in [-0.1, -0.05) is 0 Å². The Labute approximate surface area is 133 Å². The van der Waals surface area contributed by atoms with Crippen molar-refractivity contribution in [1.82, 2.24) is 14.5 Å². The largest absolute Gasteiger partial charge is 0.462 e. The van der Waals surface area contributed by atoms with Crippen molar-refractivity contribution in [2.24, 2.45) is 0 Å². The molecule has 7 nitrogen and oxygen atoms in total. The molecule has 23 heavy (non-hydrogen) atoms. The van der Waals surface area contributed by atoms with Crippen LogP contribution in [0, 0.1) is 0 Å². The summed E-state index contributed by atoms with van der Waals surface area (Å²) in [5.41, 5.74) is 0.206.